The lowest BCUT2D eigenvalue weighted by molar-refractivity contribution is -0.385. The molecule has 0 radical (unpaired) electrons. The van der Waals surface area contributed by atoms with Crippen molar-refractivity contribution in [1.82, 2.24) is 4.98 Å². The molecule has 13 heteroatoms. The van der Waals surface area contributed by atoms with Crippen LogP contribution in [0.1, 0.15) is 17.3 Å². The highest BCUT2D eigenvalue weighted by Crippen LogP contribution is 2.29. The molecule has 0 aliphatic carbocycles. The Morgan fingerprint density at radius 2 is 1.58 bits per heavy atom. The number of nitrogens with one attached hydrogen (secondary N) is 2. The van der Waals surface area contributed by atoms with E-state index in [2.05, 4.69) is 15.6 Å². The Morgan fingerprint density at radius 1 is 0.921 bits per heavy atom. The molecule has 1 heterocycles. The molecule has 1 unspecified atom stereocenters. The molecule has 0 bridgehead atoms. The molecular weight excluding hydrogens is 530 g/mol. The number of benzene rings is 3. The summed E-state index contributed by atoms with van der Waals surface area (Å²) in [4.78, 5) is 51.2. The van der Waals surface area contributed by atoms with Crippen molar-refractivity contribution in [2.75, 3.05) is 10.6 Å². The van der Waals surface area contributed by atoms with Crippen LogP contribution in [0.3, 0.4) is 0 Å². The number of nitro groups is 2. The second-order valence-electron chi connectivity index (χ2n) is 7.88. The van der Waals surface area contributed by atoms with Crippen LogP contribution in [0, 0.1) is 20.2 Å². The quantitative estimate of drug-likeness (QED) is 0.146. The molecule has 0 saturated carbocycles. The number of hydrogen-bond acceptors (Lipinski definition) is 9. The van der Waals surface area contributed by atoms with Crippen molar-refractivity contribution in [2.45, 2.75) is 17.1 Å². The summed E-state index contributed by atoms with van der Waals surface area (Å²) in [7, 11) is 0. The first-order valence-corrected chi connectivity index (χ1v) is 12.8. The Labute approximate surface area is 224 Å². The summed E-state index contributed by atoms with van der Waals surface area (Å²) in [6.07, 6.45) is 0. The number of anilines is 2. The van der Waals surface area contributed by atoms with Crippen LogP contribution in [-0.2, 0) is 4.79 Å². The van der Waals surface area contributed by atoms with E-state index in [1.165, 1.54) is 59.5 Å². The number of non-ortho nitro benzene ring substituents is 2. The van der Waals surface area contributed by atoms with Crippen molar-refractivity contribution in [3.63, 3.8) is 0 Å². The molecule has 192 valence electrons. The lowest BCUT2D eigenvalue weighted by Crippen LogP contribution is -2.22. The third-order valence-corrected chi connectivity index (χ3v) is 7.07. The largest absolute Gasteiger partial charge is 0.322 e. The zero-order valence-corrected chi connectivity index (χ0v) is 21.3. The fourth-order valence-electron chi connectivity index (χ4n) is 3.29. The minimum Gasteiger partial charge on any atom is -0.322 e. The minimum absolute atomic E-state index is 0.0410. The van der Waals surface area contributed by atoms with Crippen LogP contribution in [0.25, 0.3) is 11.3 Å². The van der Waals surface area contributed by atoms with Gasteiger partial charge >= 0.3 is 0 Å². The van der Waals surface area contributed by atoms with Gasteiger partial charge in [-0.15, -0.1) is 23.1 Å². The first-order valence-electron chi connectivity index (χ1n) is 11.0. The third kappa shape index (κ3) is 6.57. The molecule has 2 N–H and O–H groups in total. The van der Waals surface area contributed by atoms with Crippen LogP contribution >= 0.6 is 23.1 Å². The Kier molecular flexibility index (Phi) is 8.09. The first kappa shape index (κ1) is 26.4. The van der Waals surface area contributed by atoms with Crippen molar-refractivity contribution in [1.29, 1.82) is 0 Å². The van der Waals surface area contributed by atoms with Gasteiger partial charge in [0.05, 0.1) is 20.8 Å². The highest BCUT2D eigenvalue weighted by atomic mass is 32.2. The highest BCUT2D eigenvalue weighted by Gasteiger charge is 2.18. The Bertz CT molecular complexity index is 1520. The number of thioether (sulfide) groups is 1. The van der Waals surface area contributed by atoms with Crippen LogP contribution < -0.4 is 10.6 Å². The first-order chi connectivity index (χ1) is 18.2. The molecule has 0 spiro atoms. The molecule has 0 aliphatic heterocycles. The molecule has 38 heavy (non-hydrogen) atoms. The molecule has 2 amide bonds. The van der Waals surface area contributed by atoms with Crippen LogP contribution in [-0.4, -0.2) is 31.9 Å². The van der Waals surface area contributed by atoms with E-state index in [0.29, 0.717) is 22.1 Å². The van der Waals surface area contributed by atoms with Gasteiger partial charge in [-0.05, 0) is 37.3 Å². The number of nitro benzene ring substituents is 2. The van der Waals surface area contributed by atoms with Gasteiger partial charge in [0, 0.05) is 51.4 Å². The van der Waals surface area contributed by atoms with E-state index in [1.807, 2.05) is 0 Å². The van der Waals surface area contributed by atoms with Gasteiger partial charge in [-0.2, -0.15) is 0 Å². The summed E-state index contributed by atoms with van der Waals surface area (Å²) >= 11 is 2.53. The molecule has 4 rings (SSSR count). The Balaban J connectivity index is 1.33. The zero-order chi connectivity index (χ0) is 27.2. The topological polar surface area (TPSA) is 157 Å². The van der Waals surface area contributed by atoms with Crippen LogP contribution in [0.5, 0.6) is 0 Å². The maximum atomic E-state index is 12.7. The van der Waals surface area contributed by atoms with E-state index < -0.39 is 21.0 Å². The molecule has 11 nitrogen and oxygen atoms in total. The number of thiazole rings is 1. The van der Waals surface area contributed by atoms with Crippen LogP contribution in [0.4, 0.5) is 22.2 Å². The second kappa shape index (κ2) is 11.6. The number of carbonyl (C=O) groups excluding carboxylic acids is 2. The third-order valence-electron chi connectivity index (χ3n) is 5.20. The van der Waals surface area contributed by atoms with E-state index in [9.17, 15) is 29.8 Å². The van der Waals surface area contributed by atoms with Gasteiger partial charge in [0.15, 0.2) is 5.13 Å². The molecule has 0 aliphatic rings. The average molecular weight is 550 g/mol. The van der Waals surface area contributed by atoms with E-state index in [-0.39, 0.29) is 22.8 Å². The summed E-state index contributed by atoms with van der Waals surface area (Å²) in [6.45, 7) is 1.74. The molecule has 0 saturated heterocycles. The normalized spacial score (nSPS) is 11.4. The number of aromatic nitrogens is 1. The maximum Gasteiger partial charge on any atom is 0.270 e. The Hall–Kier alpha value is -4.62. The summed E-state index contributed by atoms with van der Waals surface area (Å²) in [5, 5.41) is 29.0. The lowest BCUT2D eigenvalue weighted by Gasteiger charge is -2.11. The maximum absolute atomic E-state index is 12.7. The fraction of sp³-hybridized carbons (Fsp3) is 0.0800. The van der Waals surface area contributed by atoms with E-state index in [1.54, 1.807) is 48.7 Å². The van der Waals surface area contributed by atoms with Crippen molar-refractivity contribution >= 4 is 57.1 Å². The number of amides is 2. The molecule has 4 aromatic rings. The SMILES string of the molecule is CC(Sc1ccc(NC(=O)c2cccc([N+](=O)[O-])c2)cc1)C(=O)Nc1nc(-c2cccc([N+](=O)[O-])c2)cs1. The summed E-state index contributed by atoms with van der Waals surface area (Å²) in [5.41, 5.74) is 1.56. The molecular formula is C25H19N5O6S2. The van der Waals surface area contributed by atoms with Gasteiger partial charge in [0.2, 0.25) is 5.91 Å². The number of rotatable bonds is 9. The van der Waals surface area contributed by atoms with Gasteiger partial charge in [-0.1, -0.05) is 18.2 Å². The second-order valence-corrected chi connectivity index (χ2v) is 10.2. The minimum atomic E-state index is -0.565. The van der Waals surface area contributed by atoms with Crippen LogP contribution in [0.2, 0.25) is 0 Å². The molecule has 1 atom stereocenters. The summed E-state index contributed by atoms with van der Waals surface area (Å²) < 4.78 is 0. The van der Waals surface area contributed by atoms with Gasteiger partial charge in [0.1, 0.15) is 0 Å². The van der Waals surface area contributed by atoms with Gasteiger partial charge in [-0.25, -0.2) is 4.98 Å². The monoisotopic (exact) mass is 549 g/mol. The van der Waals surface area contributed by atoms with E-state index in [0.717, 1.165) is 4.90 Å². The Morgan fingerprint density at radius 3 is 2.26 bits per heavy atom. The molecule has 0 fully saturated rings. The number of hydrogen-bond donors (Lipinski definition) is 2. The van der Waals surface area contributed by atoms with Crippen molar-refractivity contribution in [3.8, 4) is 11.3 Å². The van der Waals surface area contributed by atoms with Crippen molar-refractivity contribution < 1.29 is 19.4 Å². The standard InChI is InChI=1S/C25H19N5O6S2/c1-15(23(31)28-25-27-22(14-37-25)16-4-2-6-19(12-16)29(33)34)38-21-10-8-18(9-11-21)26-24(32)17-5-3-7-20(13-17)30(35)36/h2-15H,1H3,(H,26,32)(H,27,28,31). The average Bonchev–Trinajstić information content (AvgIpc) is 3.38. The number of nitrogens with zero attached hydrogens (tertiary/aromatic N) is 3. The highest BCUT2D eigenvalue weighted by molar-refractivity contribution is 8.00. The van der Waals surface area contributed by atoms with Gasteiger partial charge in [-0.3, -0.25) is 29.8 Å². The van der Waals surface area contributed by atoms with Gasteiger partial charge < -0.3 is 10.6 Å². The van der Waals surface area contributed by atoms with E-state index in [4.69, 9.17) is 0 Å². The zero-order valence-electron chi connectivity index (χ0n) is 19.7. The van der Waals surface area contributed by atoms with Crippen molar-refractivity contribution in [2.24, 2.45) is 0 Å². The predicted molar refractivity (Wildman–Crippen MR) is 146 cm³/mol. The fourth-order valence-corrected chi connectivity index (χ4v) is 4.88. The van der Waals surface area contributed by atoms with E-state index >= 15 is 0 Å². The van der Waals surface area contributed by atoms with Gasteiger partial charge in [0.25, 0.3) is 17.3 Å². The predicted octanol–water partition coefficient (Wildman–Crippen LogP) is 6.00. The van der Waals surface area contributed by atoms with Crippen LogP contribution in [0.15, 0.2) is 83.1 Å². The lowest BCUT2D eigenvalue weighted by atomic mass is 10.1. The number of carbonyl (C=O) groups is 2. The smallest absolute Gasteiger partial charge is 0.270 e. The molecule has 1 aromatic heterocycles. The van der Waals surface area contributed by atoms with Crippen molar-refractivity contribution in [3.05, 3.63) is 104 Å². The summed E-state index contributed by atoms with van der Waals surface area (Å²) in [6, 6.07) is 18.4. The summed E-state index contributed by atoms with van der Waals surface area (Å²) in [5.74, 6) is -0.743. The molecule has 3 aromatic carbocycles.